The molecule has 0 bridgehead atoms. The summed E-state index contributed by atoms with van der Waals surface area (Å²) in [6.45, 7) is 2.02. The highest BCUT2D eigenvalue weighted by Gasteiger charge is 2.14. The van der Waals surface area contributed by atoms with Crippen LogP contribution < -0.4 is 20.1 Å². The van der Waals surface area contributed by atoms with E-state index in [0.717, 1.165) is 40.5 Å². The van der Waals surface area contributed by atoms with Crippen LogP contribution >= 0.6 is 15.9 Å². The van der Waals surface area contributed by atoms with Crippen LogP contribution in [0, 0.1) is 0 Å². The second-order valence-corrected chi connectivity index (χ2v) is 6.51. The fraction of sp³-hybridized carbons (Fsp3) is 0.333. The minimum atomic E-state index is 0.535. The quantitative estimate of drug-likeness (QED) is 0.783. The zero-order valence-corrected chi connectivity index (χ0v) is 14.7. The molecular formula is C18H21BrN2O2. The number of rotatable bonds is 6. The Balaban J connectivity index is 1.72. The van der Waals surface area contributed by atoms with Crippen LogP contribution in [0.2, 0.25) is 0 Å². The van der Waals surface area contributed by atoms with Crippen molar-refractivity contribution in [3.63, 3.8) is 0 Å². The lowest BCUT2D eigenvalue weighted by atomic mass is 10.2. The van der Waals surface area contributed by atoms with E-state index in [1.807, 2.05) is 42.5 Å². The first-order chi connectivity index (χ1) is 11.2. The second-order valence-electron chi connectivity index (χ2n) is 5.59. The van der Waals surface area contributed by atoms with E-state index < -0.39 is 0 Å². The van der Waals surface area contributed by atoms with Crippen molar-refractivity contribution in [1.29, 1.82) is 0 Å². The van der Waals surface area contributed by atoms with Crippen molar-refractivity contribution < 1.29 is 9.47 Å². The monoisotopic (exact) mass is 376 g/mol. The summed E-state index contributed by atoms with van der Waals surface area (Å²) in [4.78, 5) is 0. The van der Waals surface area contributed by atoms with E-state index in [1.165, 1.54) is 12.8 Å². The van der Waals surface area contributed by atoms with Crippen molar-refractivity contribution in [3.05, 3.63) is 46.9 Å². The minimum absolute atomic E-state index is 0.535. The van der Waals surface area contributed by atoms with Crippen LogP contribution in [0.1, 0.15) is 12.8 Å². The van der Waals surface area contributed by atoms with Gasteiger partial charge in [-0.2, -0.15) is 0 Å². The molecule has 2 aromatic rings. The van der Waals surface area contributed by atoms with Gasteiger partial charge in [-0.05, 0) is 61.9 Å². The summed E-state index contributed by atoms with van der Waals surface area (Å²) in [5.41, 5.74) is 0.998. The number of halogens is 1. The van der Waals surface area contributed by atoms with Crippen LogP contribution in [0.4, 0.5) is 5.69 Å². The van der Waals surface area contributed by atoms with E-state index in [4.69, 9.17) is 9.47 Å². The number of methoxy groups -OCH3 is 1. The Morgan fingerprint density at radius 3 is 2.65 bits per heavy atom. The van der Waals surface area contributed by atoms with Gasteiger partial charge in [-0.1, -0.05) is 15.9 Å². The number of hydrogen-bond acceptors (Lipinski definition) is 4. The van der Waals surface area contributed by atoms with Crippen molar-refractivity contribution in [1.82, 2.24) is 5.32 Å². The molecule has 23 heavy (non-hydrogen) atoms. The van der Waals surface area contributed by atoms with Gasteiger partial charge in [0.15, 0.2) is 5.75 Å². The zero-order chi connectivity index (χ0) is 16.1. The van der Waals surface area contributed by atoms with E-state index in [1.54, 1.807) is 7.11 Å². The van der Waals surface area contributed by atoms with Gasteiger partial charge in [0.25, 0.3) is 0 Å². The summed E-state index contributed by atoms with van der Waals surface area (Å²) in [5.74, 6) is 2.41. The van der Waals surface area contributed by atoms with E-state index >= 15 is 0 Å². The highest BCUT2D eigenvalue weighted by molar-refractivity contribution is 9.10. The summed E-state index contributed by atoms with van der Waals surface area (Å²) < 4.78 is 12.2. The maximum atomic E-state index is 6.04. The summed E-state index contributed by atoms with van der Waals surface area (Å²) >= 11 is 3.51. The molecule has 0 aliphatic carbocycles. The van der Waals surface area contributed by atoms with Crippen molar-refractivity contribution in [3.8, 4) is 17.2 Å². The smallest absolute Gasteiger partial charge is 0.151 e. The molecule has 0 unspecified atom stereocenters. The molecule has 1 heterocycles. The third-order valence-electron chi connectivity index (χ3n) is 3.93. The normalized spacial score (nSPS) is 17.0. The molecule has 0 saturated carbocycles. The van der Waals surface area contributed by atoms with Crippen LogP contribution in [0.3, 0.4) is 0 Å². The minimum Gasteiger partial charge on any atom is -0.497 e. The van der Waals surface area contributed by atoms with E-state index in [0.29, 0.717) is 6.04 Å². The summed E-state index contributed by atoms with van der Waals surface area (Å²) in [5, 5.41) is 6.99. The molecule has 4 nitrogen and oxygen atoms in total. The fourth-order valence-electron chi connectivity index (χ4n) is 2.66. The molecule has 2 aromatic carbocycles. The van der Waals surface area contributed by atoms with Gasteiger partial charge < -0.3 is 20.1 Å². The Labute approximate surface area is 145 Å². The Morgan fingerprint density at radius 1 is 1.17 bits per heavy atom. The molecule has 1 aliphatic rings. The number of anilines is 1. The van der Waals surface area contributed by atoms with Crippen molar-refractivity contribution in [2.24, 2.45) is 0 Å². The standard InChI is InChI=1S/C18H21BrN2O2/c1-22-15-5-7-16(8-6-15)23-18-11-13(19)4-9-17(18)21-12-14-3-2-10-20-14/h4-9,11,14,20-21H,2-3,10,12H2,1H3/t14-/m0/s1. The zero-order valence-electron chi connectivity index (χ0n) is 13.1. The molecule has 1 aliphatic heterocycles. The first-order valence-corrected chi connectivity index (χ1v) is 8.62. The van der Waals surface area contributed by atoms with Crippen LogP contribution in [-0.4, -0.2) is 26.2 Å². The average Bonchev–Trinajstić information content (AvgIpc) is 3.08. The number of benzene rings is 2. The molecule has 122 valence electrons. The van der Waals surface area contributed by atoms with Gasteiger partial charge in [0.2, 0.25) is 0 Å². The van der Waals surface area contributed by atoms with Gasteiger partial charge >= 0.3 is 0 Å². The summed E-state index contributed by atoms with van der Waals surface area (Å²) in [7, 11) is 1.66. The highest BCUT2D eigenvalue weighted by Crippen LogP contribution is 2.33. The Hall–Kier alpha value is -1.72. The van der Waals surface area contributed by atoms with E-state index in [2.05, 4.69) is 26.6 Å². The maximum absolute atomic E-state index is 6.04. The molecule has 1 saturated heterocycles. The van der Waals surface area contributed by atoms with Crippen LogP contribution in [0.15, 0.2) is 46.9 Å². The van der Waals surface area contributed by atoms with Gasteiger partial charge in [-0.3, -0.25) is 0 Å². The fourth-order valence-corrected chi connectivity index (χ4v) is 3.00. The van der Waals surface area contributed by atoms with E-state index in [-0.39, 0.29) is 0 Å². The second kappa shape index (κ2) is 7.70. The average molecular weight is 377 g/mol. The molecule has 1 atom stereocenters. The predicted octanol–water partition coefficient (Wildman–Crippen LogP) is 4.41. The Kier molecular flexibility index (Phi) is 5.41. The van der Waals surface area contributed by atoms with Crippen molar-refractivity contribution in [2.75, 3.05) is 25.5 Å². The molecule has 0 spiro atoms. The molecular weight excluding hydrogens is 356 g/mol. The topological polar surface area (TPSA) is 42.5 Å². The first kappa shape index (κ1) is 16.1. The molecule has 0 amide bonds. The molecule has 2 N–H and O–H groups in total. The molecule has 5 heteroatoms. The van der Waals surface area contributed by atoms with Gasteiger partial charge in [0, 0.05) is 17.1 Å². The van der Waals surface area contributed by atoms with Crippen LogP contribution in [0.25, 0.3) is 0 Å². The SMILES string of the molecule is COc1ccc(Oc2cc(Br)ccc2NC[C@@H]2CCCN2)cc1. The number of ether oxygens (including phenoxy) is 2. The molecule has 1 fully saturated rings. The summed E-state index contributed by atoms with van der Waals surface area (Å²) in [6, 6.07) is 14.2. The Morgan fingerprint density at radius 2 is 1.96 bits per heavy atom. The predicted molar refractivity (Wildman–Crippen MR) is 96.7 cm³/mol. The van der Waals surface area contributed by atoms with Gasteiger partial charge in [-0.25, -0.2) is 0 Å². The lowest BCUT2D eigenvalue weighted by Gasteiger charge is -2.16. The maximum Gasteiger partial charge on any atom is 0.151 e. The molecule has 0 radical (unpaired) electrons. The third-order valence-corrected chi connectivity index (χ3v) is 4.43. The highest BCUT2D eigenvalue weighted by atomic mass is 79.9. The van der Waals surface area contributed by atoms with Crippen LogP contribution in [0.5, 0.6) is 17.2 Å². The third kappa shape index (κ3) is 4.39. The Bertz CT molecular complexity index is 640. The molecule has 3 rings (SSSR count). The van der Waals surface area contributed by atoms with Crippen LogP contribution in [-0.2, 0) is 0 Å². The van der Waals surface area contributed by atoms with Gasteiger partial charge in [-0.15, -0.1) is 0 Å². The lowest BCUT2D eigenvalue weighted by Crippen LogP contribution is -2.29. The summed E-state index contributed by atoms with van der Waals surface area (Å²) in [6.07, 6.45) is 2.47. The lowest BCUT2D eigenvalue weighted by molar-refractivity contribution is 0.413. The van der Waals surface area contributed by atoms with Crippen molar-refractivity contribution in [2.45, 2.75) is 18.9 Å². The molecule has 0 aromatic heterocycles. The number of hydrogen-bond donors (Lipinski definition) is 2. The van der Waals surface area contributed by atoms with E-state index in [9.17, 15) is 0 Å². The number of nitrogens with one attached hydrogen (secondary N) is 2. The van der Waals surface area contributed by atoms with Gasteiger partial charge in [0.05, 0.1) is 12.8 Å². The largest absolute Gasteiger partial charge is 0.497 e. The van der Waals surface area contributed by atoms with Crippen molar-refractivity contribution >= 4 is 21.6 Å². The first-order valence-electron chi connectivity index (χ1n) is 7.83. The van der Waals surface area contributed by atoms with Gasteiger partial charge in [0.1, 0.15) is 11.5 Å².